The number of carbonyl (C=O) groups is 1. The predicted octanol–water partition coefficient (Wildman–Crippen LogP) is 2.38. The number of hydrogen-bond acceptors (Lipinski definition) is 8. The molecule has 11 heteroatoms. The molecular weight excluding hydrogens is 510 g/mol. The second-order valence-corrected chi connectivity index (χ2v) is 10.9. The second-order valence-electron chi connectivity index (χ2n) is 8.96. The average Bonchev–Trinajstić information content (AvgIpc) is 3.50. The lowest BCUT2D eigenvalue weighted by Gasteiger charge is -2.31. The van der Waals surface area contributed by atoms with E-state index < -0.39 is 90.7 Å². The SMILES string of the molecule is [2H]C([2H])([2H])C([2H])(CN(C[C@@H](O)[C@H](Cc1ccccc1)NC(=O)O[C@]1([2H])[C@@H]2CCO[C@@H]2OC1([2H])[2H])S(=O)(=O)c1ccc(N)cc1)C([2H])([2H])[2H]. The van der Waals surface area contributed by atoms with Crippen molar-refractivity contribution in [2.75, 3.05) is 32.0 Å². The van der Waals surface area contributed by atoms with E-state index in [2.05, 4.69) is 5.32 Å². The number of ether oxygens (including phenoxy) is 3. The van der Waals surface area contributed by atoms with Gasteiger partial charge in [-0.1, -0.05) is 44.0 Å². The summed E-state index contributed by atoms with van der Waals surface area (Å²) in [7, 11) is -4.81. The zero-order valence-electron chi connectivity index (χ0n) is 30.4. The van der Waals surface area contributed by atoms with E-state index in [1.165, 1.54) is 12.1 Å². The van der Waals surface area contributed by atoms with Gasteiger partial charge in [-0.05, 0) is 48.6 Å². The minimum atomic E-state index is -4.81. The summed E-state index contributed by atoms with van der Waals surface area (Å²) in [6, 6.07) is 11.5. The summed E-state index contributed by atoms with van der Waals surface area (Å²) in [6.07, 6.45) is -6.99. The van der Waals surface area contributed by atoms with Gasteiger partial charge in [0.05, 0.1) is 40.2 Å². The van der Waals surface area contributed by atoms with Crippen LogP contribution in [0.1, 0.15) is 39.4 Å². The number of aliphatic hydroxyl groups excluding tert-OH is 1. The van der Waals surface area contributed by atoms with Crippen LogP contribution in [0.25, 0.3) is 0 Å². The van der Waals surface area contributed by atoms with Crippen molar-refractivity contribution in [2.45, 2.75) is 56.0 Å². The number of nitrogen functional groups attached to an aromatic ring is 1. The highest BCUT2D eigenvalue weighted by Gasteiger charge is 2.44. The number of amides is 1. The Morgan fingerprint density at radius 1 is 1.26 bits per heavy atom. The minimum absolute atomic E-state index is 0.134. The first-order valence-corrected chi connectivity index (χ1v) is 13.3. The maximum Gasteiger partial charge on any atom is 0.407 e. The van der Waals surface area contributed by atoms with Crippen LogP contribution < -0.4 is 11.1 Å². The van der Waals surface area contributed by atoms with E-state index in [4.69, 9.17) is 33.7 Å². The third-order valence-corrected chi connectivity index (χ3v) is 7.99. The van der Waals surface area contributed by atoms with Crippen molar-refractivity contribution in [3.8, 4) is 0 Å². The number of carbonyl (C=O) groups excluding carboxylic acids is 1. The first-order valence-electron chi connectivity index (χ1n) is 16.9. The molecule has 1 amide bonds. The van der Waals surface area contributed by atoms with E-state index in [0.717, 1.165) is 12.1 Å². The Labute approximate surface area is 238 Å². The van der Waals surface area contributed by atoms with E-state index in [1.807, 2.05) is 0 Å². The smallest absolute Gasteiger partial charge is 0.407 e. The number of rotatable bonds is 11. The maximum atomic E-state index is 13.9. The quantitative estimate of drug-likeness (QED) is 0.358. The maximum absolute atomic E-state index is 13.9. The first kappa shape index (κ1) is 17.8. The minimum Gasteiger partial charge on any atom is -0.443 e. The molecule has 0 aromatic heterocycles. The summed E-state index contributed by atoms with van der Waals surface area (Å²) < 4.78 is 124. The second kappa shape index (κ2) is 12.4. The Hall–Kier alpha value is -2.70. The number of hydrogen-bond donors (Lipinski definition) is 3. The van der Waals surface area contributed by atoms with Gasteiger partial charge in [0.2, 0.25) is 10.0 Å². The molecule has 2 aromatic carbocycles. The number of benzene rings is 2. The zero-order chi connectivity index (χ0) is 35.9. The third-order valence-electron chi connectivity index (χ3n) is 6.16. The fourth-order valence-corrected chi connectivity index (χ4v) is 5.63. The van der Waals surface area contributed by atoms with Gasteiger partial charge in [-0.2, -0.15) is 4.31 Å². The molecule has 0 radical (unpaired) electrons. The number of nitrogens with two attached hydrogens (primary N) is 1. The fraction of sp³-hybridized carbons (Fsp3) is 0.519. The molecule has 38 heavy (non-hydrogen) atoms. The molecule has 208 valence electrons. The van der Waals surface area contributed by atoms with Crippen LogP contribution in [0.5, 0.6) is 0 Å². The molecule has 4 N–H and O–H groups in total. The van der Waals surface area contributed by atoms with Crippen molar-refractivity contribution in [2.24, 2.45) is 11.8 Å². The van der Waals surface area contributed by atoms with Crippen molar-refractivity contribution in [3.05, 3.63) is 60.2 Å². The van der Waals surface area contributed by atoms with Crippen LogP contribution in [0, 0.1) is 11.8 Å². The fourth-order valence-electron chi connectivity index (χ4n) is 4.20. The summed E-state index contributed by atoms with van der Waals surface area (Å²) in [5.41, 5.74) is 6.40. The summed E-state index contributed by atoms with van der Waals surface area (Å²) in [5.74, 6) is -4.34. The number of fused-ring (bicyclic) bond motifs is 1. The summed E-state index contributed by atoms with van der Waals surface area (Å²) in [6.45, 7) is -12.1. The molecule has 2 saturated heterocycles. The van der Waals surface area contributed by atoms with Gasteiger partial charge in [-0.25, -0.2) is 13.2 Å². The molecule has 5 atom stereocenters. The highest BCUT2D eigenvalue weighted by Crippen LogP contribution is 2.33. The van der Waals surface area contributed by atoms with Gasteiger partial charge in [-0.15, -0.1) is 0 Å². The molecule has 10 nitrogen and oxygen atoms in total. The van der Waals surface area contributed by atoms with Gasteiger partial charge in [0, 0.05) is 28.4 Å². The molecule has 2 aliphatic rings. The van der Waals surface area contributed by atoms with Crippen LogP contribution in [0.2, 0.25) is 0 Å². The van der Waals surface area contributed by atoms with Crippen LogP contribution in [0.4, 0.5) is 10.5 Å². The number of aliphatic hydroxyl groups is 1. The Morgan fingerprint density at radius 3 is 2.71 bits per heavy atom. The standard InChI is InChI=1S/C27H37N3O7S/c1-18(2)15-30(38(33,34)21-10-8-20(28)9-11-21)16-24(31)23(14-19-6-4-3-5-7-19)29-27(32)37-25-17-36-26-22(25)12-13-35-26/h3-11,18,22-26,31H,12-17,28H2,1-2H3,(H,29,32)/t22-,23-,24+,25-,26+/m0/s1/i1D3,2D3,17D2,18D,25D. The molecule has 2 aliphatic heterocycles. The molecule has 0 spiro atoms. The number of anilines is 1. The van der Waals surface area contributed by atoms with Crippen LogP contribution in [0.3, 0.4) is 0 Å². The molecule has 0 bridgehead atoms. The summed E-state index contributed by atoms with van der Waals surface area (Å²) in [5, 5.41) is 13.9. The zero-order valence-corrected chi connectivity index (χ0v) is 21.2. The summed E-state index contributed by atoms with van der Waals surface area (Å²) >= 11 is 0. The third kappa shape index (κ3) is 7.03. The molecule has 0 unspecified atom stereocenters. The number of nitrogens with zero attached hydrogens (tertiary/aromatic N) is 1. The predicted molar refractivity (Wildman–Crippen MR) is 142 cm³/mol. The largest absolute Gasteiger partial charge is 0.443 e. The Bertz CT molecular complexity index is 1530. The van der Waals surface area contributed by atoms with Crippen LogP contribution in [-0.4, -0.2) is 74.7 Å². The van der Waals surface area contributed by atoms with Gasteiger partial charge in [0.25, 0.3) is 0 Å². The van der Waals surface area contributed by atoms with E-state index >= 15 is 0 Å². The molecule has 0 aliphatic carbocycles. The summed E-state index contributed by atoms with van der Waals surface area (Å²) in [4.78, 5) is 12.8. The first-order chi connectivity index (χ1) is 22.0. The van der Waals surface area contributed by atoms with Gasteiger partial charge in [-0.3, -0.25) is 0 Å². The molecule has 2 aromatic rings. The van der Waals surface area contributed by atoms with Gasteiger partial charge >= 0.3 is 6.09 Å². The molecule has 2 fully saturated rings. The molecule has 4 rings (SSSR count). The van der Waals surface area contributed by atoms with Crippen LogP contribution in [-0.2, 0) is 30.7 Å². The van der Waals surface area contributed by atoms with Gasteiger partial charge < -0.3 is 30.4 Å². The van der Waals surface area contributed by atoms with Crippen molar-refractivity contribution in [1.82, 2.24) is 9.62 Å². The molecular formula is C27H37N3O7S. The Kier molecular flexibility index (Phi) is 5.83. The number of sulfonamides is 1. The number of alkyl carbamates (subject to hydrolysis) is 1. The monoisotopic (exact) mass is 557 g/mol. The van der Waals surface area contributed by atoms with Crippen molar-refractivity contribution >= 4 is 21.8 Å². The molecule has 0 saturated carbocycles. The lowest BCUT2D eigenvalue weighted by Crippen LogP contribution is -2.51. The van der Waals surface area contributed by atoms with Gasteiger partial charge in [0.1, 0.15) is 6.08 Å². The van der Waals surface area contributed by atoms with E-state index in [0.29, 0.717) is 9.87 Å². The Morgan fingerprint density at radius 2 is 2.00 bits per heavy atom. The van der Waals surface area contributed by atoms with Crippen molar-refractivity contribution < 1.29 is 46.2 Å². The Balaban J connectivity index is 1.69. The number of nitrogens with one attached hydrogen (secondary N) is 1. The topological polar surface area (TPSA) is 140 Å². The molecule has 2 heterocycles. The van der Waals surface area contributed by atoms with Crippen LogP contribution in [0.15, 0.2) is 59.5 Å². The highest BCUT2D eigenvalue weighted by molar-refractivity contribution is 7.89. The average molecular weight is 558 g/mol. The van der Waals surface area contributed by atoms with Crippen molar-refractivity contribution in [1.29, 1.82) is 0 Å². The van der Waals surface area contributed by atoms with Crippen LogP contribution >= 0.6 is 0 Å². The van der Waals surface area contributed by atoms with E-state index in [9.17, 15) is 18.3 Å². The highest BCUT2D eigenvalue weighted by atomic mass is 32.2. The lowest BCUT2D eigenvalue weighted by molar-refractivity contribution is -0.0907. The lowest BCUT2D eigenvalue weighted by atomic mass is 10.0. The van der Waals surface area contributed by atoms with Gasteiger partial charge in [0.15, 0.2) is 6.29 Å². The van der Waals surface area contributed by atoms with Crippen molar-refractivity contribution in [3.63, 3.8) is 0 Å². The van der Waals surface area contributed by atoms with E-state index in [1.54, 1.807) is 30.3 Å². The van der Waals surface area contributed by atoms with E-state index in [-0.39, 0.29) is 25.1 Å². The normalized spacial score (nSPS) is 30.9.